The summed E-state index contributed by atoms with van der Waals surface area (Å²) in [5.74, 6) is 0.746. The van der Waals surface area contributed by atoms with Crippen molar-refractivity contribution in [2.75, 3.05) is 6.54 Å². The Bertz CT molecular complexity index is 345. The van der Waals surface area contributed by atoms with E-state index in [1.54, 1.807) is 6.07 Å². The first-order valence-corrected chi connectivity index (χ1v) is 7.41. The molecule has 0 aliphatic carbocycles. The van der Waals surface area contributed by atoms with Gasteiger partial charge < -0.3 is 5.73 Å². The van der Waals surface area contributed by atoms with Gasteiger partial charge in [-0.2, -0.15) is 0 Å². The van der Waals surface area contributed by atoms with Crippen LogP contribution in [0.25, 0.3) is 0 Å². The molecule has 1 atom stereocenters. The summed E-state index contributed by atoms with van der Waals surface area (Å²) < 4.78 is 0. The lowest BCUT2D eigenvalue weighted by molar-refractivity contribution is 0.0976. The number of carbonyl (C=O) groups excluding carboxylic acids is 1. The Labute approximate surface area is 112 Å². The highest BCUT2D eigenvalue weighted by molar-refractivity contribution is 7.12. The topological polar surface area (TPSA) is 43.1 Å². The predicted octanol–water partition coefficient (Wildman–Crippen LogP) is 4.13. The van der Waals surface area contributed by atoms with E-state index in [9.17, 15) is 4.79 Å². The maximum absolute atomic E-state index is 11.9. The summed E-state index contributed by atoms with van der Waals surface area (Å²) in [7, 11) is 0. The van der Waals surface area contributed by atoms with Crippen LogP contribution >= 0.6 is 22.9 Å². The summed E-state index contributed by atoms with van der Waals surface area (Å²) in [4.78, 5) is 12.6. The summed E-state index contributed by atoms with van der Waals surface area (Å²) in [6.45, 7) is 2.88. The van der Waals surface area contributed by atoms with Crippen LogP contribution in [-0.2, 0) is 0 Å². The summed E-state index contributed by atoms with van der Waals surface area (Å²) >= 11 is 7.37. The summed E-state index contributed by atoms with van der Waals surface area (Å²) in [5.41, 5.74) is 5.58. The third kappa shape index (κ3) is 4.78. The number of carbonyl (C=O) groups is 1. The molecule has 0 aliphatic heterocycles. The Kier molecular flexibility index (Phi) is 6.78. The Morgan fingerprint density at radius 3 is 2.76 bits per heavy atom. The van der Waals surface area contributed by atoms with Crippen LogP contribution < -0.4 is 5.73 Å². The Balaban J connectivity index is 2.43. The van der Waals surface area contributed by atoms with E-state index in [1.165, 1.54) is 11.3 Å². The molecule has 2 nitrogen and oxygen atoms in total. The van der Waals surface area contributed by atoms with Gasteiger partial charge in [0.1, 0.15) is 0 Å². The Hall–Kier alpha value is -0.380. The minimum Gasteiger partial charge on any atom is -0.330 e. The van der Waals surface area contributed by atoms with Gasteiger partial charge in [0.15, 0.2) is 5.78 Å². The van der Waals surface area contributed by atoms with Gasteiger partial charge in [-0.25, -0.2) is 0 Å². The van der Waals surface area contributed by atoms with Crippen LogP contribution in [0.3, 0.4) is 0 Å². The molecular formula is C13H20ClNOS. The molecule has 1 heterocycles. The maximum atomic E-state index is 11.9. The fourth-order valence-corrected chi connectivity index (χ4v) is 3.15. The molecule has 1 aromatic rings. The molecule has 1 unspecified atom stereocenters. The van der Waals surface area contributed by atoms with Gasteiger partial charge >= 0.3 is 0 Å². The summed E-state index contributed by atoms with van der Waals surface area (Å²) in [6, 6.07) is 1.78. The number of Topliss-reactive ketones (excluding diaryl/α,β-unsaturated/α-hetero) is 1. The molecule has 17 heavy (non-hydrogen) atoms. The van der Waals surface area contributed by atoms with Gasteiger partial charge in [0.2, 0.25) is 0 Å². The number of nitrogens with two attached hydrogens (primary N) is 1. The minimum absolute atomic E-state index is 0.170. The van der Waals surface area contributed by atoms with Crippen molar-refractivity contribution < 1.29 is 4.79 Å². The van der Waals surface area contributed by atoms with Crippen molar-refractivity contribution in [1.82, 2.24) is 0 Å². The fraction of sp³-hybridized carbons (Fsp3) is 0.615. The SMILES string of the molecule is CCCC(CCN)CCC(=O)c1sccc1Cl. The standard InChI is InChI=1S/C13H20ClNOS/c1-2-3-10(6-8-15)4-5-12(16)13-11(14)7-9-17-13/h7,9-10H,2-6,8,15H2,1H3. The van der Waals surface area contributed by atoms with Crippen molar-refractivity contribution in [1.29, 1.82) is 0 Å². The number of hydrogen-bond acceptors (Lipinski definition) is 3. The largest absolute Gasteiger partial charge is 0.330 e. The van der Waals surface area contributed by atoms with Crippen molar-refractivity contribution in [3.63, 3.8) is 0 Å². The highest BCUT2D eigenvalue weighted by atomic mass is 35.5. The second-order valence-electron chi connectivity index (χ2n) is 4.29. The molecule has 0 fully saturated rings. The van der Waals surface area contributed by atoms with Crippen molar-refractivity contribution in [3.05, 3.63) is 21.3 Å². The molecule has 0 spiro atoms. The highest BCUT2D eigenvalue weighted by Gasteiger charge is 2.14. The molecule has 2 N–H and O–H groups in total. The molecule has 0 aliphatic rings. The van der Waals surface area contributed by atoms with E-state index in [4.69, 9.17) is 17.3 Å². The lowest BCUT2D eigenvalue weighted by Crippen LogP contribution is -2.10. The third-order valence-electron chi connectivity index (χ3n) is 2.92. The lowest BCUT2D eigenvalue weighted by atomic mass is 9.93. The second kappa shape index (κ2) is 7.85. The molecule has 0 radical (unpaired) electrons. The molecule has 96 valence electrons. The van der Waals surface area contributed by atoms with Crippen molar-refractivity contribution in [2.45, 2.75) is 39.0 Å². The smallest absolute Gasteiger partial charge is 0.174 e. The van der Waals surface area contributed by atoms with E-state index in [-0.39, 0.29) is 5.78 Å². The number of hydrogen-bond donors (Lipinski definition) is 1. The summed E-state index contributed by atoms with van der Waals surface area (Å²) in [5, 5.41) is 2.45. The average molecular weight is 274 g/mol. The van der Waals surface area contributed by atoms with Crippen LogP contribution in [0, 0.1) is 5.92 Å². The van der Waals surface area contributed by atoms with Crippen LogP contribution in [0.4, 0.5) is 0 Å². The van der Waals surface area contributed by atoms with E-state index >= 15 is 0 Å². The zero-order valence-electron chi connectivity index (χ0n) is 10.2. The van der Waals surface area contributed by atoms with Crippen molar-refractivity contribution in [2.24, 2.45) is 11.7 Å². The molecule has 4 heteroatoms. The zero-order valence-corrected chi connectivity index (χ0v) is 11.8. The van der Waals surface area contributed by atoms with Gasteiger partial charge in [0, 0.05) is 6.42 Å². The van der Waals surface area contributed by atoms with E-state index in [0.29, 0.717) is 28.8 Å². The first-order chi connectivity index (χ1) is 8.19. The molecule has 0 saturated carbocycles. The lowest BCUT2D eigenvalue weighted by Gasteiger charge is -2.13. The molecule has 0 saturated heterocycles. The predicted molar refractivity (Wildman–Crippen MR) is 75.0 cm³/mol. The first kappa shape index (κ1) is 14.7. The first-order valence-electron chi connectivity index (χ1n) is 6.15. The number of ketones is 1. The molecule has 0 aromatic carbocycles. The van der Waals surface area contributed by atoms with Crippen LogP contribution in [-0.4, -0.2) is 12.3 Å². The molecule has 1 rings (SSSR count). The van der Waals surface area contributed by atoms with Crippen LogP contribution in [0.1, 0.15) is 48.7 Å². The van der Waals surface area contributed by atoms with E-state index in [2.05, 4.69) is 6.92 Å². The van der Waals surface area contributed by atoms with Crippen molar-refractivity contribution >= 4 is 28.7 Å². The highest BCUT2D eigenvalue weighted by Crippen LogP contribution is 2.25. The van der Waals surface area contributed by atoms with Gasteiger partial charge in [0.05, 0.1) is 9.90 Å². The Morgan fingerprint density at radius 2 is 2.24 bits per heavy atom. The number of halogens is 1. The van der Waals surface area contributed by atoms with Gasteiger partial charge in [-0.15, -0.1) is 11.3 Å². The second-order valence-corrected chi connectivity index (χ2v) is 5.61. The quantitative estimate of drug-likeness (QED) is 0.724. The summed E-state index contributed by atoms with van der Waals surface area (Å²) in [6.07, 6.45) is 4.84. The third-order valence-corrected chi connectivity index (χ3v) is 4.30. The van der Waals surface area contributed by atoms with Gasteiger partial charge in [-0.1, -0.05) is 31.4 Å². The minimum atomic E-state index is 0.170. The van der Waals surface area contributed by atoms with E-state index in [0.717, 1.165) is 25.7 Å². The Morgan fingerprint density at radius 1 is 1.47 bits per heavy atom. The monoisotopic (exact) mass is 273 g/mol. The fourth-order valence-electron chi connectivity index (χ4n) is 2.02. The van der Waals surface area contributed by atoms with Crippen molar-refractivity contribution in [3.8, 4) is 0 Å². The van der Waals surface area contributed by atoms with Gasteiger partial charge in [0.25, 0.3) is 0 Å². The normalized spacial score (nSPS) is 12.6. The van der Waals surface area contributed by atoms with Crippen LogP contribution in [0.5, 0.6) is 0 Å². The van der Waals surface area contributed by atoms with Crippen LogP contribution in [0.15, 0.2) is 11.4 Å². The van der Waals surface area contributed by atoms with Gasteiger partial charge in [-0.3, -0.25) is 4.79 Å². The number of rotatable bonds is 8. The molecular weight excluding hydrogens is 254 g/mol. The van der Waals surface area contributed by atoms with Gasteiger partial charge in [-0.05, 0) is 36.8 Å². The molecule has 1 aromatic heterocycles. The average Bonchev–Trinajstić information content (AvgIpc) is 2.72. The van der Waals surface area contributed by atoms with Crippen LogP contribution in [0.2, 0.25) is 5.02 Å². The zero-order chi connectivity index (χ0) is 12.7. The molecule has 0 bridgehead atoms. The molecule has 0 amide bonds. The maximum Gasteiger partial charge on any atom is 0.174 e. The van der Waals surface area contributed by atoms with E-state index in [1.807, 2.05) is 5.38 Å². The number of thiophene rings is 1. The van der Waals surface area contributed by atoms with E-state index < -0.39 is 0 Å².